The van der Waals surface area contributed by atoms with Crippen molar-refractivity contribution in [1.29, 1.82) is 0 Å². The van der Waals surface area contributed by atoms with Crippen molar-refractivity contribution >= 4 is 5.91 Å². The number of hydrogen-bond acceptors (Lipinski definition) is 4. The lowest BCUT2D eigenvalue weighted by Gasteiger charge is -2.30. The number of rotatable bonds is 8. The average molecular weight is 335 g/mol. The fraction of sp³-hybridized carbons (Fsp3) is 0.778. The minimum atomic E-state index is -0.131. The number of likely N-dealkylation sites (tertiary alicyclic amines) is 1. The Bertz CT molecular complexity index is 512. The van der Waals surface area contributed by atoms with Crippen LogP contribution < -0.4 is 11.1 Å². The zero-order chi connectivity index (χ0) is 17.6. The predicted molar refractivity (Wildman–Crippen MR) is 96.5 cm³/mol. The fourth-order valence-corrected chi connectivity index (χ4v) is 3.08. The van der Waals surface area contributed by atoms with Crippen LogP contribution in [0.15, 0.2) is 12.4 Å². The largest absolute Gasteiger partial charge is 0.369 e. The maximum atomic E-state index is 11.2. The van der Waals surface area contributed by atoms with Gasteiger partial charge in [-0.05, 0) is 72.6 Å². The van der Waals surface area contributed by atoms with Crippen molar-refractivity contribution in [2.45, 2.75) is 58.5 Å². The van der Waals surface area contributed by atoms with E-state index >= 15 is 0 Å². The molecule has 0 aliphatic carbocycles. The number of nitrogens with one attached hydrogen (secondary N) is 1. The zero-order valence-electron chi connectivity index (χ0n) is 15.4. The van der Waals surface area contributed by atoms with Gasteiger partial charge in [0.15, 0.2) is 0 Å². The van der Waals surface area contributed by atoms with Crippen LogP contribution in [0.4, 0.5) is 0 Å². The average Bonchev–Trinajstić information content (AvgIpc) is 3.00. The van der Waals surface area contributed by atoms with E-state index in [9.17, 15) is 4.79 Å². The van der Waals surface area contributed by atoms with E-state index in [1.54, 1.807) is 0 Å². The van der Waals surface area contributed by atoms with Gasteiger partial charge in [0.2, 0.25) is 5.91 Å². The molecule has 6 heteroatoms. The number of amides is 1. The number of hydrogen-bond donors (Lipinski definition) is 2. The number of nitrogens with zero attached hydrogens (tertiary/aromatic N) is 3. The molecule has 0 radical (unpaired) electrons. The highest BCUT2D eigenvalue weighted by atomic mass is 16.1. The highest BCUT2D eigenvalue weighted by Gasteiger charge is 2.22. The summed E-state index contributed by atoms with van der Waals surface area (Å²) >= 11 is 0. The molecule has 0 spiro atoms. The minimum Gasteiger partial charge on any atom is -0.369 e. The second kappa shape index (κ2) is 8.62. The molecular weight excluding hydrogens is 302 g/mol. The van der Waals surface area contributed by atoms with Crippen molar-refractivity contribution in [1.82, 2.24) is 20.0 Å². The molecule has 1 aromatic rings. The van der Waals surface area contributed by atoms with Gasteiger partial charge >= 0.3 is 0 Å². The van der Waals surface area contributed by atoms with Crippen molar-refractivity contribution in [2.75, 3.05) is 26.2 Å². The number of unbranched alkanes of at least 4 members (excludes halogenated alkanes) is 1. The third kappa shape index (κ3) is 5.91. The monoisotopic (exact) mass is 335 g/mol. The zero-order valence-corrected chi connectivity index (χ0v) is 15.4. The molecule has 1 saturated heterocycles. The SMILES string of the molecule is CC(C)(C)n1cc(CNCCCCN2CCC(C(N)=O)CC2)cn1. The molecule has 0 aromatic carbocycles. The van der Waals surface area contributed by atoms with Crippen LogP contribution in [0.2, 0.25) is 0 Å². The summed E-state index contributed by atoms with van der Waals surface area (Å²) in [4.78, 5) is 13.6. The molecule has 2 rings (SSSR count). The van der Waals surface area contributed by atoms with Crippen molar-refractivity contribution in [3.05, 3.63) is 18.0 Å². The van der Waals surface area contributed by atoms with Gasteiger partial charge in [0, 0.05) is 24.2 Å². The molecular formula is C18H33N5O. The van der Waals surface area contributed by atoms with Gasteiger partial charge in [-0.2, -0.15) is 5.10 Å². The first-order valence-electron chi connectivity index (χ1n) is 9.12. The van der Waals surface area contributed by atoms with E-state index in [2.05, 4.69) is 42.3 Å². The Morgan fingerprint density at radius 1 is 1.33 bits per heavy atom. The number of carbonyl (C=O) groups is 1. The van der Waals surface area contributed by atoms with Crippen molar-refractivity contribution < 1.29 is 4.79 Å². The molecule has 0 bridgehead atoms. The number of nitrogens with two attached hydrogens (primary N) is 1. The predicted octanol–water partition coefficient (Wildman–Crippen LogP) is 1.71. The summed E-state index contributed by atoms with van der Waals surface area (Å²) in [5, 5.41) is 7.91. The summed E-state index contributed by atoms with van der Waals surface area (Å²) in [6, 6.07) is 0. The van der Waals surface area contributed by atoms with E-state index in [1.165, 1.54) is 18.4 Å². The number of primary amides is 1. The Morgan fingerprint density at radius 2 is 2.04 bits per heavy atom. The van der Waals surface area contributed by atoms with Crippen LogP contribution in [0.25, 0.3) is 0 Å². The van der Waals surface area contributed by atoms with Crippen LogP contribution in [-0.4, -0.2) is 46.8 Å². The van der Waals surface area contributed by atoms with Gasteiger partial charge in [-0.1, -0.05) is 0 Å². The Labute approximate surface area is 145 Å². The second-order valence-electron chi connectivity index (χ2n) is 7.87. The Hall–Kier alpha value is -1.40. The van der Waals surface area contributed by atoms with E-state index in [0.717, 1.165) is 45.6 Å². The Kier molecular flexibility index (Phi) is 6.80. The molecule has 1 aromatic heterocycles. The van der Waals surface area contributed by atoms with E-state index in [-0.39, 0.29) is 17.4 Å². The van der Waals surface area contributed by atoms with Crippen LogP contribution in [0.3, 0.4) is 0 Å². The van der Waals surface area contributed by atoms with Crippen molar-refractivity contribution in [3.8, 4) is 0 Å². The quantitative estimate of drug-likeness (QED) is 0.709. The first-order valence-corrected chi connectivity index (χ1v) is 9.12. The molecule has 136 valence electrons. The molecule has 0 saturated carbocycles. The lowest BCUT2D eigenvalue weighted by Crippen LogP contribution is -2.39. The van der Waals surface area contributed by atoms with Gasteiger partial charge in [-0.15, -0.1) is 0 Å². The first-order chi connectivity index (χ1) is 11.4. The summed E-state index contributed by atoms with van der Waals surface area (Å²) in [5.41, 5.74) is 6.65. The molecule has 3 N–H and O–H groups in total. The standard InChI is InChI=1S/C18H33N5O/c1-18(2,3)23-14-15(13-21-23)12-20-8-4-5-9-22-10-6-16(7-11-22)17(19)24/h13-14,16,20H,4-12H2,1-3H3,(H2,19,24). The molecule has 6 nitrogen and oxygen atoms in total. The molecule has 0 unspecified atom stereocenters. The van der Waals surface area contributed by atoms with Crippen LogP contribution in [-0.2, 0) is 16.9 Å². The van der Waals surface area contributed by atoms with Crippen LogP contribution >= 0.6 is 0 Å². The van der Waals surface area contributed by atoms with Crippen molar-refractivity contribution in [2.24, 2.45) is 11.7 Å². The van der Waals surface area contributed by atoms with Gasteiger partial charge in [-0.25, -0.2) is 0 Å². The summed E-state index contributed by atoms with van der Waals surface area (Å²) in [6.45, 7) is 11.5. The molecule has 24 heavy (non-hydrogen) atoms. The van der Waals surface area contributed by atoms with Crippen molar-refractivity contribution in [3.63, 3.8) is 0 Å². The molecule has 2 heterocycles. The number of carbonyl (C=O) groups excluding carboxylic acids is 1. The van der Waals surface area contributed by atoms with E-state index < -0.39 is 0 Å². The maximum Gasteiger partial charge on any atom is 0.220 e. The lowest BCUT2D eigenvalue weighted by molar-refractivity contribution is -0.123. The summed E-state index contributed by atoms with van der Waals surface area (Å²) in [7, 11) is 0. The maximum absolute atomic E-state index is 11.2. The molecule has 1 amide bonds. The van der Waals surface area contributed by atoms with Crippen LogP contribution in [0, 0.1) is 5.92 Å². The smallest absolute Gasteiger partial charge is 0.220 e. The normalized spacial score (nSPS) is 17.3. The molecule has 0 atom stereocenters. The second-order valence-corrected chi connectivity index (χ2v) is 7.87. The van der Waals surface area contributed by atoms with E-state index in [1.807, 2.05) is 10.9 Å². The highest BCUT2D eigenvalue weighted by Crippen LogP contribution is 2.17. The van der Waals surface area contributed by atoms with E-state index in [0.29, 0.717) is 0 Å². The third-order valence-corrected chi connectivity index (χ3v) is 4.72. The lowest BCUT2D eigenvalue weighted by atomic mass is 9.96. The Morgan fingerprint density at radius 3 is 2.62 bits per heavy atom. The fourth-order valence-electron chi connectivity index (χ4n) is 3.08. The molecule has 1 fully saturated rings. The van der Waals surface area contributed by atoms with Crippen LogP contribution in [0.1, 0.15) is 52.0 Å². The van der Waals surface area contributed by atoms with Crippen LogP contribution in [0.5, 0.6) is 0 Å². The Balaban J connectivity index is 1.53. The van der Waals surface area contributed by atoms with E-state index in [4.69, 9.17) is 5.73 Å². The summed E-state index contributed by atoms with van der Waals surface area (Å²) in [6.07, 6.45) is 8.27. The van der Waals surface area contributed by atoms with Gasteiger partial charge in [-0.3, -0.25) is 9.48 Å². The summed E-state index contributed by atoms with van der Waals surface area (Å²) < 4.78 is 2.01. The van der Waals surface area contributed by atoms with Gasteiger partial charge in [0.1, 0.15) is 0 Å². The minimum absolute atomic E-state index is 0.0419. The highest BCUT2D eigenvalue weighted by molar-refractivity contribution is 5.76. The molecule has 1 aliphatic heterocycles. The van der Waals surface area contributed by atoms with Gasteiger partial charge in [0.05, 0.1) is 11.7 Å². The molecule has 1 aliphatic rings. The van der Waals surface area contributed by atoms with Gasteiger partial charge in [0.25, 0.3) is 0 Å². The first kappa shape index (κ1) is 18.9. The van der Waals surface area contributed by atoms with Gasteiger partial charge < -0.3 is 16.0 Å². The third-order valence-electron chi connectivity index (χ3n) is 4.72. The topological polar surface area (TPSA) is 76.2 Å². The number of aromatic nitrogens is 2. The number of piperidine rings is 1. The summed E-state index contributed by atoms with van der Waals surface area (Å²) in [5.74, 6) is -0.0365.